The fourth-order valence-electron chi connectivity index (χ4n) is 3.20. The van der Waals surface area contributed by atoms with Crippen LogP contribution in [0.15, 0.2) is 30.3 Å². The predicted molar refractivity (Wildman–Crippen MR) is 91.8 cm³/mol. The summed E-state index contributed by atoms with van der Waals surface area (Å²) in [5.41, 5.74) is 1.65. The SMILES string of the molecule is CC(CC(C)(C)c1ccccc1)NCC(C)N(C)C1CC1. The fourth-order valence-corrected chi connectivity index (χ4v) is 3.20. The summed E-state index contributed by atoms with van der Waals surface area (Å²) < 4.78 is 0. The number of likely N-dealkylation sites (N-methyl/N-ethyl adjacent to an activating group) is 1. The molecule has 1 aromatic carbocycles. The maximum absolute atomic E-state index is 3.73. The average molecular weight is 288 g/mol. The van der Waals surface area contributed by atoms with Crippen LogP contribution in [-0.2, 0) is 5.41 Å². The number of hydrogen-bond acceptors (Lipinski definition) is 2. The van der Waals surface area contributed by atoms with E-state index in [1.165, 1.54) is 18.4 Å². The number of hydrogen-bond donors (Lipinski definition) is 1. The lowest BCUT2D eigenvalue weighted by molar-refractivity contribution is 0.232. The van der Waals surface area contributed by atoms with Crippen molar-refractivity contribution in [2.24, 2.45) is 0 Å². The molecule has 2 heteroatoms. The van der Waals surface area contributed by atoms with Crippen LogP contribution in [-0.4, -0.2) is 36.6 Å². The summed E-state index contributed by atoms with van der Waals surface area (Å²) in [7, 11) is 2.27. The van der Waals surface area contributed by atoms with Crippen molar-refractivity contribution < 1.29 is 0 Å². The summed E-state index contributed by atoms with van der Waals surface area (Å²) in [5.74, 6) is 0. The second kappa shape index (κ2) is 6.93. The largest absolute Gasteiger partial charge is 0.313 e. The molecule has 0 radical (unpaired) electrons. The van der Waals surface area contributed by atoms with E-state index >= 15 is 0 Å². The smallest absolute Gasteiger partial charge is 0.0192 e. The molecule has 2 unspecified atom stereocenters. The van der Waals surface area contributed by atoms with Gasteiger partial charge in [0.1, 0.15) is 0 Å². The Labute approximate surface area is 130 Å². The van der Waals surface area contributed by atoms with Crippen LogP contribution in [0.4, 0.5) is 0 Å². The summed E-state index contributed by atoms with van der Waals surface area (Å²) >= 11 is 0. The van der Waals surface area contributed by atoms with Crippen LogP contribution in [0.5, 0.6) is 0 Å². The zero-order valence-corrected chi connectivity index (χ0v) is 14.4. The summed E-state index contributed by atoms with van der Waals surface area (Å²) in [5, 5.41) is 3.73. The van der Waals surface area contributed by atoms with Gasteiger partial charge in [-0.15, -0.1) is 0 Å². The molecule has 1 aromatic rings. The first-order valence-electron chi connectivity index (χ1n) is 8.41. The number of rotatable bonds is 8. The van der Waals surface area contributed by atoms with E-state index in [-0.39, 0.29) is 5.41 Å². The second-order valence-corrected chi connectivity index (χ2v) is 7.51. The highest BCUT2D eigenvalue weighted by atomic mass is 15.2. The monoisotopic (exact) mass is 288 g/mol. The van der Waals surface area contributed by atoms with E-state index in [0.29, 0.717) is 12.1 Å². The Morgan fingerprint density at radius 2 is 1.81 bits per heavy atom. The van der Waals surface area contributed by atoms with E-state index < -0.39 is 0 Å². The van der Waals surface area contributed by atoms with E-state index in [1.54, 1.807) is 0 Å². The molecule has 0 spiro atoms. The maximum atomic E-state index is 3.73. The lowest BCUT2D eigenvalue weighted by atomic mass is 9.79. The maximum Gasteiger partial charge on any atom is 0.0192 e. The van der Waals surface area contributed by atoms with Gasteiger partial charge in [-0.3, -0.25) is 4.90 Å². The molecule has 21 heavy (non-hydrogen) atoms. The van der Waals surface area contributed by atoms with Gasteiger partial charge in [-0.05, 0) is 51.1 Å². The molecule has 1 fully saturated rings. The van der Waals surface area contributed by atoms with Crippen molar-refractivity contribution >= 4 is 0 Å². The molecule has 0 amide bonds. The fraction of sp³-hybridized carbons (Fsp3) is 0.684. The Bertz CT molecular complexity index is 422. The lowest BCUT2D eigenvalue weighted by Crippen LogP contribution is -2.43. The van der Waals surface area contributed by atoms with Gasteiger partial charge in [0.15, 0.2) is 0 Å². The topological polar surface area (TPSA) is 15.3 Å². The van der Waals surface area contributed by atoms with Gasteiger partial charge >= 0.3 is 0 Å². The van der Waals surface area contributed by atoms with Gasteiger partial charge in [0, 0.05) is 24.7 Å². The highest BCUT2D eigenvalue weighted by molar-refractivity contribution is 5.23. The van der Waals surface area contributed by atoms with Crippen LogP contribution in [0.25, 0.3) is 0 Å². The van der Waals surface area contributed by atoms with Crippen molar-refractivity contribution in [1.82, 2.24) is 10.2 Å². The zero-order valence-electron chi connectivity index (χ0n) is 14.4. The molecule has 1 aliphatic carbocycles. The lowest BCUT2D eigenvalue weighted by Gasteiger charge is -2.31. The van der Waals surface area contributed by atoms with Gasteiger partial charge in [-0.1, -0.05) is 44.2 Å². The summed E-state index contributed by atoms with van der Waals surface area (Å²) in [6, 6.07) is 12.9. The van der Waals surface area contributed by atoms with Crippen LogP contribution >= 0.6 is 0 Å². The van der Waals surface area contributed by atoms with Crippen LogP contribution < -0.4 is 5.32 Å². The van der Waals surface area contributed by atoms with Gasteiger partial charge in [0.05, 0.1) is 0 Å². The highest BCUT2D eigenvalue weighted by Crippen LogP contribution is 2.29. The van der Waals surface area contributed by atoms with Crippen molar-refractivity contribution in [2.45, 2.75) is 70.5 Å². The first-order valence-corrected chi connectivity index (χ1v) is 8.41. The summed E-state index contributed by atoms with van der Waals surface area (Å²) in [6.45, 7) is 10.4. The molecule has 2 atom stereocenters. The summed E-state index contributed by atoms with van der Waals surface area (Å²) in [6.07, 6.45) is 3.94. The molecule has 1 N–H and O–H groups in total. The van der Waals surface area contributed by atoms with Crippen molar-refractivity contribution in [1.29, 1.82) is 0 Å². The predicted octanol–water partition coefficient (Wildman–Crippen LogP) is 3.82. The minimum absolute atomic E-state index is 0.222. The van der Waals surface area contributed by atoms with E-state index in [0.717, 1.165) is 19.0 Å². The Hall–Kier alpha value is -0.860. The van der Waals surface area contributed by atoms with Crippen LogP contribution in [0.2, 0.25) is 0 Å². The number of nitrogens with one attached hydrogen (secondary N) is 1. The molecular weight excluding hydrogens is 256 g/mol. The van der Waals surface area contributed by atoms with Crippen molar-refractivity contribution in [3.63, 3.8) is 0 Å². The number of nitrogens with zero attached hydrogens (tertiary/aromatic N) is 1. The zero-order chi connectivity index (χ0) is 15.5. The minimum Gasteiger partial charge on any atom is -0.313 e. The quantitative estimate of drug-likeness (QED) is 0.782. The average Bonchev–Trinajstić information content (AvgIpc) is 3.29. The van der Waals surface area contributed by atoms with Gasteiger partial charge < -0.3 is 5.32 Å². The van der Waals surface area contributed by atoms with E-state index in [4.69, 9.17) is 0 Å². The molecule has 2 rings (SSSR count). The third kappa shape index (κ3) is 4.82. The summed E-state index contributed by atoms with van der Waals surface area (Å²) in [4.78, 5) is 2.53. The normalized spacial score (nSPS) is 18.8. The highest BCUT2D eigenvalue weighted by Gasteiger charge is 2.29. The molecule has 118 valence electrons. The Kier molecular flexibility index (Phi) is 5.45. The third-order valence-corrected chi connectivity index (χ3v) is 4.95. The van der Waals surface area contributed by atoms with Crippen molar-refractivity contribution in [2.75, 3.05) is 13.6 Å². The van der Waals surface area contributed by atoms with Crippen LogP contribution in [0.3, 0.4) is 0 Å². The third-order valence-electron chi connectivity index (χ3n) is 4.95. The standard InChI is InChI=1S/C19H32N2/c1-15(20-14-16(2)21(5)18-11-12-18)13-19(3,4)17-9-7-6-8-10-17/h6-10,15-16,18,20H,11-14H2,1-5H3. The van der Waals surface area contributed by atoms with Crippen LogP contribution in [0.1, 0.15) is 52.5 Å². The van der Waals surface area contributed by atoms with Gasteiger partial charge in [0.2, 0.25) is 0 Å². The van der Waals surface area contributed by atoms with Gasteiger partial charge in [-0.25, -0.2) is 0 Å². The molecule has 2 nitrogen and oxygen atoms in total. The molecule has 0 aromatic heterocycles. The Balaban J connectivity index is 1.79. The first kappa shape index (κ1) is 16.5. The Morgan fingerprint density at radius 1 is 1.19 bits per heavy atom. The molecular formula is C19H32N2. The molecule has 0 bridgehead atoms. The molecule has 0 heterocycles. The molecule has 0 saturated heterocycles. The first-order chi connectivity index (χ1) is 9.90. The van der Waals surface area contributed by atoms with Crippen LogP contribution in [0, 0.1) is 0 Å². The van der Waals surface area contributed by atoms with Crippen molar-refractivity contribution in [3.05, 3.63) is 35.9 Å². The minimum atomic E-state index is 0.222. The van der Waals surface area contributed by atoms with E-state index in [1.807, 2.05) is 0 Å². The van der Waals surface area contributed by atoms with Gasteiger partial charge in [0.25, 0.3) is 0 Å². The Morgan fingerprint density at radius 3 is 2.38 bits per heavy atom. The molecule has 0 aliphatic heterocycles. The van der Waals surface area contributed by atoms with E-state index in [2.05, 4.69) is 75.3 Å². The number of benzene rings is 1. The van der Waals surface area contributed by atoms with E-state index in [9.17, 15) is 0 Å². The molecule has 1 aliphatic rings. The molecule has 1 saturated carbocycles. The van der Waals surface area contributed by atoms with Gasteiger partial charge in [-0.2, -0.15) is 0 Å². The van der Waals surface area contributed by atoms with Crippen molar-refractivity contribution in [3.8, 4) is 0 Å². The second-order valence-electron chi connectivity index (χ2n) is 7.51.